The van der Waals surface area contributed by atoms with Crippen LogP contribution < -0.4 is 0 Å². The predicted octanol–water partition coefficient (Wildman–Crippen LogP) is -1.15. The Balaban J connectivity index is 0. The Hall–Kier alpha value is 5.33. The molecule has 8 heteroatoms. The molecule has 0 aromatic carbocycles. The minimum atomic E-state index is 0. The van der Waals surface area contributed by atoms with E-state index >= 15 is 0 Å². The number of hydrogen-bond donors (Lipinski definition) is 0. The third-order valence-electron chi connectivity index (χ3n) is 0. The standard InChI is InChI=1S/3Ge.5Nb. The molecule has 0 fully saturated rings. The van der Waals surface area contributed by atoms with Gasteiger partial charge in [0.25, 0.3) is 0 Å². The van der Waals surface area contributed by atoms with Gasteiger partial charge in [0.2, 0.25) is 0 Å². The zero-order valence-corrected chi connectivity index (χ0v) is 21.0. The van der Waals surface area contributed by atoms with E-state index in [-0.39, 0.29) is 165 Å². The predicted molar refractivity (Wildman–Crippen MR) is 17.3 cm³/mol. The van der Waals surface area contributed by atoms with Gasteiger partial charge in [0, 0.05) is 165 Å². The summed E-state index contributed by atoms with van der Waals surface area (Å²) >= 11 is 0. The molecular formula is Ge3Nb5. The van der Waals surface area contributed by atoms with E-state index < -0.39 is 0 Å². The van der Waals surface area contributed by atoms with Gasteiger partial charge in [-0.1, -0.05) is 0 Å². The first-order valence-corrected chi connectivity index (χ1v) is 0. The van der Waals surface area contributed by atoms with E-state index in [2.05, 4.69) is 0 Å². The molecule has 0 unspecified atom stereocenters. The zero-order valence-electron chi connectivity index (χ0n) is 3.74. The summed E-state index contributed by atoms with van der Waals surface area (Å²) < 4.78 is 0. The van der Waals surface area contributed by atoms with Crippen LogP contribution in [0, 0.1) is 0 Å². The van der Waals surface area contributed by atoms with Gasteiger partial charge in [0.1, 0.15) is 0 Å². The minimum absolute atomic E-state index is 0. The second-order valence-corrected chi connectivity index (χ2v) is 0. The normalized spacial score (nSPS) is 0. The van der Waals surface area contributed by atoms with Crippen molar-refractivity contribution in [1.82, 2.24) is 0 Å². The molecule has 0 aromatic rings. The fourth-order valence-electron chi connectivity index (χ4n) is 0. The summed E-state index contributed by atoms with van der Waals surface area (Å²) in [6.07, 6.45) is 0. The average molecular weight is 682 g/mol. The largest absolute Gasteiger partial charge is 0 e. The van der Waals surface area contributed by atoms with Crippen LogP contribution in [0.25, 0.3) is 0 Å². The molecule has 0 aliphatic carbocycles. The first-order chi connectivity index (χ1) is 0. The summed E-state index contributed by atoms with van der Waals surface area (Å²) in [6, 6.07) is 0. The number of hydrogen-bond acceptors (Lipinski definition) is 0. The fraction of sp³-hybridized carbons (Fsp3) is 0. The third-order valence-corrected chi connectivity index (χ3v) is 0. The van der Waals surface area contributed by atoms with Crippen molar-refractivity contribution in [2.45, 2.75) is 0 Å². The quantitative estimate of drug-likeness (QED) is 0.284. The molecule has 0 aromatic heterocycles. The Morgan fingerprint density at radius 3 is 0.250 bits per heavy atom. The van der Waals surface area contributed by atoms with Gasteiger partial charge in [-0.2, -0.15) is 0 Å². The zero-order chi connectivity index (χ0) is 0. The molecule has 0 aliphatic rings. The summed E-state index contributed by atoms with van der Waals surface area (Å²) in [5.41, 5.74) is 0. The van der Waals surface area contributed by atoms with Crippen molar-refractivity contribution in [3.05, 3.63) is 0 Å². The minimum Gasteiger partial charge on any atom is 0 e. The summed E-state index contributed by atoms with van der Waals surface area (Å²) in [4.78, 5) is 0. The van der Waals surface area contributed by atoms with E-state index in [0.29, 0.717) is 0 Å². The smallest absolute Gasteiger partial charge is 0 e. The van der Waals surface area contributed by atoms with Gasteiger partial charge in [-0.3, -0.25) is 0 Å². The molecule has 0 saturated carbocycles. The van der Waals surface area contributed by atoms with Crippen molar-refractivity contribution in [2.24, 2.45) is 0 Å². The molecule has 0 nitrogen and oxygen atoms in total. The first kappa shape index (κ1) is 71.3. The molecule has 0 atom stereocenters. The monoisotopic (exact) mass is 686 g/mol. The molecule has 0 amide bonds. The second-order valence-electron chi connectivity index (χ2n) is 0. The third kappa shape index (κ3) is 42.6. The van der Waals surface area contributed by atoms with Crippen molar-refractivity contribution < 1.29 is 112 Å². The maximum absolute atomic E-state index is 0. The van der Waals surface area contributed by atoms with Crippen LogP contribution in [-0.4, -0.2) is 52.8 Å². The summed E-state index contributed by atoms with van der Waals surface area (Å²) in [7, 11) is 0. The maximum atomic E-state index is 0. The Labute approximate surface area is 161 Å². The van der Waals surface area contributed by atoms with Gasteiger partial charge in [-0.15, -0.1) is 0 Å². The van der Waals surface area contributed by atoms with Crippen LogP contribution in [0.5, 0.6) is 0 Å². The van der Waals surface area contributed by atoms with Crippen molar-refractivity contribution in [1.29, 1.82) is 0 Å². The van der Waals surface area contributed by atoms with Gasteiger partial charge in [0.05, 0.1) is 0 Å². The second kappa shape index (κ2) is 55.7. The van der Waals surface area contributed by atoms with Crippen molar-refractivity contribution in [3.8, 4) is 0 Å². The fourth-order valence-corrected chi connectivity index (χ4v) is 0. The van der Waals surface area contributed by atoms with E-state index in [4.69, 9.17) is 0 Å². The first-order valence-electron chi connectivity index (χ1n) is 0. The Kier molecular flexibility index (Phi) is 497. The van der Waals surface area contributed by atoms with Gasteiger partial charge >= 0.3 is 0 Å². The maximum Gasteiger partial charge on any atom is 0 e. The molecule has 0 N–H and O–H groups in total. The SMILES string of the molecule is [Ge].[Ge].[Ge].[Nb].[Nb].[Nb].[Nb].[Nb]. The van der Waals surface area contributed by atoms with Crippen LogP contribution in [0.15, 0.2) is 0 Å². The van der Waals surface area contributed by atoms with E-state index in [9.17, 15) is 0 Å². The van der Waals surface area contributed by atoms with Crippen LogP contribution >= 0.6 is 0 Å². The molecule has 0 heterocycles. The van der Waals surface area contributed by atoms with Crippen molar-refractivity contribution >= 4 is 52.8 Å². The molecule has 0 saturated heterocycles. The van der Waals surface area contributed by atoms with E-state index in [1.54, 1.807) is 0 Å². The Bertz CT molecular complexity index is 7.64. The molecule has 17 radical (unpaired) electrons. The van der Waals surface area contributed by atoms with E-state index in [0.717, 1.165) is 0 Å². The molecule has 37 valence electrons. The molecule has 0 bridgehead atoms. The van der Waals surface area contributed by atoms with Gasteiger partial charge in [-0.05, 0) is 0 Å². The summed E-state index contributed by atoms with van der Waals surface area (Å²) in [6.45, 7) is 0. The van der Waals surface area contributed by atoms with E-state index in [1.807, 2.05) is 0 Å². The van der Waals surface area contributed by atoms with Crippen molar-refractivity contribution in [3.63, 3.8) is 0 Å². The van der Waals surface area contributed by atoms with Crippen LogP contribution in [0.1, 0.15) is 0 Å². The van der Waals surface area contributed by atoms with Crippen LogP contribution in [0.3, 0.4) is 0 Å². The molecule has 0 spiro atoms. The molecule has 8 heavy (non-hydrogen) atoms. The molecular weight excluding hydrogens is 682 g/mol. The molecule has 0 aliphatic heterocycles. The number of rotatable bonds is 0. The topological polar surface area (TPSA) is 0 Å². The Morgan fingerprint density at radius 2 is 0.250 bits per heavy atom. The van der Waals surface area contributed by atoms with Crippen molar-refractivity contribution in [2.75, 3.05) is 0 Å². The summed E-state index contributed by atoms with van der Waals surface area (Å²) in [5, 5.41) is 0. The summed E-state index contributed by atoms with van der Waals surface area (Å²) in [5.74, 6) is 0. The van der Waals surface area contributed by atoms with Crippen LogP contribution in [0.4, 0.5) is 0 Å². The van der Waals surface area contributed by atoms with Crippen LogP contribution in [0.2, 0.25) is 0 Å². The van der Waals surface area contributed by atoms with E-state index in [1.165, 1.54) is 0 Å². The Morgan fingerprint density at radius 1 is 0.250 bits per heavy atom. The molecule has 0 rings (SSSR count). The van der Waals surface area contributed by atoms with Crippen LogP contribution in [-0.2, 0) is 112 Å². The van der Waals surface area contributed by atoms with Gasteiger partial charge in [0.15, 0.2) is 0 Å². The van der Waals surface area contributed by atoms with Gasteiger partial charge < -0.3 is 0 Å². The van der Waals surface area contributed by atoms with Gasteiger partial charge in [-0.25, -0.2) is 0 Å². The average Bonchev–Trinajstić information content (AvgIpc) is 0.